The summed E-state index contributed by atoms with van der Waals surface area (Å²) in [5.41, 5.74) is 0. The lowest BCUT2D eigenvalue weighted by Gasteiger charge is -2.35. The third-order valence-electron chi connectivity index (χ3n) is 5.01. The second kappa shape index (κ2) is 6.67. The molecular formula is C16H29. The minimum absolute atomic E-state index is 1.09. The second-order valence-electron chi connectivity index (χ2n) is 6.13. The van der Waals surface area contributed by atoms with Crippen molar-refractivity contribution in [2.24, 2.45) is 17.8 Å². The van der Waals surface area contributed by atoms with E-state index in [4.69, 9.17) is 0 Å². The van der Waals surface area contributed by atoms with Crippen molar-refractivity contribution in [3.63, 3.8) is 0 Å². The molecule has 0 unspecified atom stereocenters. The molecule has 0 heteroatoms. The van der Waals surface area contributed by atoms with E-state index in [1.54, 1.807) is 25.7 Å². The first-order valence-electron chi connectivity index (χ1n) is 7.71. The highest BCUT2D eigenvalue weighted by atomic mass is 14.3. The van der Waals surface area contributed by atoms with E-state index in [1.165, 1.54) is 44.9 Å². The van der Waals surface area contributed by atoms with Gasteiger partial charge in [0.25, 0.3) is 0 Å². The normalized spacial score (nSPS) is 32.8. The Balaban J connectivity index is 1.67. The average Bonchev–Trinajstić information content (AvgIpc) is 2.38. The summed E-state index contributed by atoms with van der Waals surface area (Å²) < 4.78 is 0. The van der Waals surface area contributed by atoms with E-state index >= 15 is 0 Å². The fourth-order valence-corrected chi connectivity index (χ4v) is 3.87. The summed E-state index contributed by atoms with van der Waals surface area (Å²) in [7, 11) is 0. The van der Waals surface area contributed by atoms with Crippen LogP contribution in [0.4, 0.5) is 0 Å². The first-order chi connectivity index (χ1) is 7.90. The van der Waals surface area contributed by atoms with Gasteiger partial charge in [-0.3, -0.25) is 0 Å². The predicted molar refractivity (Wildman–Crippen MR) is 71.2 cm³/mol. The maximum Gasteiger partial charge on any atom is -0.0386 e. The molecule has 2 saturated carbocycles. The highest BCUT2D eigenvalue weighted by Crippen LogP contribution is 2.40. The fourth-order valence-electron chi connectivity index (χ4n) is 3.87. The van der Waals surface area contributed by atoms with Crippen molar-refractivity contribution < 1.29 is 0 Å². The Kier molecular flexibility index (Phi) is 5.19. The van der Waals surface area contributed by atoms with Gasteiger partial charge in [0.1, 0.15) is 0 Å². The smallest absolute Gasteiger partial charge is 0.0386 e. The SMILES string of the molecule is CCCC[C@H]1CC[C@H](C2CC[CH]CC2)CC1. The van der Waals surface area contributed by atoms with Crippen molar-refractivity contribution in [1.82, 2.24) is 0 Å². The van der Waals surface area contributed by atoms with Gasteiger partial charge in [-0.25, -0.2) is 0 Å². The van der Waals surface area contributed by atoms with Gasteiger partial charge in [-0.1, -0.05) is 39.0 Å². The topological polar surface area (TPSA) is 0 Å². The Morgan fingerprint density at radius 2 is 1.50 bits per heavy atom. The molecule has 0 aromatic heterocycles. The van der Waals surface area contributed by atoms with Crippen molar-refractivity contribution in [3.05, 3.63) is 6.42 Å². The molecule has 0 heterocycles. The zero-order chi connectivity index (χ0) is 11.2. The van der Waals surface area contributed by atoms with Crippen molar-refractivity contribution in [2.75, 3.05) is 0 Å². The lowest BCUT2D eigenvalue weighted by Crippen LogP contribution is -2.23. The first kappa shape index (κ1) is 12.5. The van der Waals surface area contributed by atoms with Crippen LogP contribution in [-0.4, -0.2) is 0 Å². The van der Waals surface area contributed by atoms with Crippen molar-refractivity contribution in [2.45, 2.75) is 77.6 Å². The lowest BCUT2D eigenvalue weighted by molar-refractivity contribution is 0.172. The maximum absolute atomic E-state index is 2.50. The molecule has 0 nitrogen and oxygen atoms in total. The minimum atomic E-state index is 1.09. The van der Waals surface area contributed by atoms with E-state index in [-0.39, 0.29) is 0 Å². The summed E-state index contributed by atoms with van der Waals surface area (Å²) in [6, 6.07) is 0. The molecule has 0 aromatic carbocycles. The molecular weight excluding hydrogens is 192 g/mol. The predicted octanol–water partition coefficient (Wildman–Crippen LogP) is 5.38. The molecule has 0 saturated heterocycles. The number of hydrogen-bond acceptors (Lipinski definition) is 0. The molecule has 16 heavy (non-hydrogen) atoms. The van der Waals surface area contributed by atoms with Crippen molar-refractivity contribution in [3.8, 4) is 0 Å². The molecule has 2 aliphatic rings. The molecule has 0 N–H and O–H groups in total. The zero-order valence-corrected chi connectivity index (χ0v) is 11.1. The third kappa shape index (κ3) is 3.50. The summed E-state index contributed by atoms with van der Waals surface area (Å²) in [6.45, 7) is 2.32. The highest BCUT2D eigenvalue weighted by Gasteiger charge is 2.28. The molecule has 2 rings (SSSR count). The molecule has 1 radical (unpaired) electrons. The van der Waals surface area contributed by atoms with Crippen LogP contribution in [0, 0.1) is 24.2 Å². The molecule has 0 aliphatic heterocycles. The van der Waals surface area contributed by atoms with E-state index in [9.17, 15) is 0 Å². The Labute approximate surface area is 102 Å². The fraction of sp³-hybridized carbons (Fsp3) is 0.938. The van der Waals surface area contributed by atoms with Crippen LogP contribution in [0.2, 0.25) is 0 Å². The minimum Gasteiger partial charge on any atom is -0.0654 e. The average molecular weight is 221 g/mol. The Bertz CT molecular complexity index is 170. The number of rotatable bonds is 4. The monoisotopic (exact) mass is 221 g/mol. The van der Waals surface area contributed by atoms with Gasteiger partial charge in [-0.05, 0) is 62.7 Å². The van der Waals surface area contributed by atoms with E-state index < -0.39 is 0 Å². The summed E-state index contributed by atoms with van der Waals surface area (Å²) in [5.74, 6) is 3.29. The van der Waals surface area contributed by atoms with Crippen LogP contribution < -0.4 is 0 Å². The van der Waals surface area contributed by atoms with Gasteiger partial charge in [-0.15, -0.1) is 0 Å². The van der Waals surface area contributed by atoms with Crippen LogP contribution in [-0.2, 0) is 0 Å². The molecule has 0 aromatic rings. The molecule has 0 amide bonds. The molecule has 2 aliphatic carbocycles. The zero-order valence-electron chi connectivity index (χ0n) is 11.1. The van der Waals surface area contributed by atoms with E-state index in [1.807, 2.05) is 0 Å². The van der Waals surface area contributed by atoms with Gasteiger partial charge in [0.2, 0.25) is 0 Å². The number of unbranched alkanes of at least 4 members (excludes halogenated alkanes) is 1. The van der Waals surface area contributed by atoms with Crippen LogP contribution in [0.15, 0.2) is 0 Å². The van der Waals surface area contributed by atoms with Gasteiger partial charge in [0.15, 0.2) is 0 Å². The first-order valence-corrected chi connectivity index (χ1v) is 7.71. The van der Waals surface area contributed by atoms with E-state index in [0.717, 1.165) is 17.8 Å². The summed E-state index contributed by atoms with van der Waals surface area (Å²) in [5, 5.41) is 0. The molecule has 0 bridgehead atoms. The van der Waals surface area contributed by atoms with Crippen LogP contribution >= 0.6 is 0 Å². The van der Waals surface area contributed by atoms with Crippen LogP contribution in [0.25, 0.3) is 0 Å². The van der Waals surface area contributed by atoms with Crippen molar-refractivity contribution in [1.29, 1.82) is 0 Å². The number of hydrogen-bond donors (Lipinski definition) is 0. The van der Waals surface area contributed by atoms with Gasteiger partial charge >= 0.3 is 0 Å². The second-order valence-corrected chi connectivity index (χ2v) is 6.13. The molecule has 0 spiro atoms. The van der Waals surface area contributed by atoms with Gasteiger partial charge in [-0.2, -0.15) is 0 Å². The molecule has 2 fully saturated rings. The Morgan fingerprint density at radius 3 is 2.12 bits per heavy atom. The summed E-state index contributed by atoms with van der Waals surface area (Å²) >= 11 is 0. The molecule has 0 atom stereocenters. The van der Waals surface area contributed by atoms with Gasteiger partial charge < -0.3 is 0 Å². The Hall–Kier alpha value is 0. The Morgan fingerprint density at radius 1 is 0.875 bits per heavy atom. The quantitative estimate of drug-likeness (QED) is 0.598. The van der Waals surface area contributed by atoms with Gasteiger partial charge in [0.05, 0.1) is 0 Å². The largest absolute Gasteiger partial charge is 0.0654 e. The lowest BCUT2D eigenvalue weighted by atomic mass is 9.70. The van der Waals surface area contributed by atoms with Crippen LogP contribution in [0.3, 0.4) is 0 Å². The van der Waals surface area contributed by atoms with E-state index in [2.05, 4.69) is 13.3 Å². The standard InChI is InChI=1S/C16H29/c1-2-3-7-14-10-12-16(13-11-14)15-8-5-4-6-9-15/h4,14-16H,2-3,5-13H2,1H3/t14-,16-. The van der Waals surface area contributed by atoms with Crippen LogP contribution in [0.5, 0.6) is 0 Å². The van der Waals surface area contributed by atoms with E-state index in [0.29, 0.717) is 0 Å². The molecule has 93 valence electrons. The van der Waals surface area contributed by atoms with Crippen LogP contribution in [0.1, 0.15) is 77.6 Å². The third-order valence-corrected chi connectivity index (χ3v) is 5.01. The summed E-state index contributed by atoms with van der Waals surface area (Å²) in [4.78, 5) is 0. The summed E-state index contributed by atoms with van der Waals surface area (Å²) in [6.07, 6.45) is 18.9. The maximum atomic E-state index is 2.50. The van der Waals surface area contributed by atoms with Gasteiger partial charge in [0, 0.05) is 0 Å². The highest BCUT2D eigenvalue weighted by molar-refractivity contribution is 4.83. The van der Waals surface area contributed by atoms with Crippen molar-refractivity contribution >= 4 is 0 Å².